The Labute approximate surface area is 174 Å². The lowest BCUT2D eigenvalue weighted by molar-refractivity contribution is -0.135. The molecule has 2 N–H and O–H groups in total. The molecule has 0 spiro atoms. The van der Waals surface area contributed by atoms with Crippen LogP contribution < -0.4 is 10.6 Å². The van der Waals surface area contributed by atoms with Gasteiger partial charge in [-0.1, -0.05) is 60.8 Å². The second kappa shape index (κ2) is 10.5. The van der Waals surface area contributed by atoms with E-state index in [1.54, 1.807) is 26.0 Å². The monoisotopic (exact) mass is 416 g/mol. The molecule has 0 aliphatic heterocycles. The van der Waals surface area contributed by atoms with Gasteiger partial charge in [0.1, 0.15) is 0 Å². The Morgan fingerprint density at radius 1 is 0.750 bits per heavy atom. The number of carbonyl (C=O) groups excluding carboxylic acids is 2. The summed E-state index contributed by atoms with van der Waals surface area (Å²) in [6.45, 7) is 3.90. The molecule has 0 radical (unpaired) electrons. The Bertz CT molecular complexity index is 826. The van der Waals surface area contributed by atoms with Gasteiger partial charge in [0.2, 0.25) is 0 Å². The average molecular weight is 417 g/mol. The average Bonchev–Trinajstić information content (AvgIpc) is 2.69. The summed E-state index contributed by atoms with van der Waals surface area (Å²) in [4.78, 5) is 23.6. The maximum atomic E-state index is 11.8. The van der Waals surface area contributed by atoms with Crippen LogP contribution in [0, 0.1) is 0 Å². The third-order valence-corrected chi connectivity index (χ3v) is 4.10. The molecule has 0 aliphatic carbocycles. The minimum Gasteiger partial charge on any atom is -0.461 e. The summed E-state index contributed by atoms with van der Waals surface area (Å²) in [7, 11) is 0. The molecule has 0 saturated heterocycles. The molecule has 2 aromatic rings. The fourth-order valence-corrected chi connectivity index (χ4v) is 2.73. The first-order chi connectivity index (χ1) is 13.5. The molecule has 146 valence electrons. The van der Waals surface area contributed by atoms with E-state index in [1.165, 1.54) is 0 Å². The molecule has 2 rings (SSSR count). The van der Waals surface area contributed by atoms with Crippen LogP contribution in [-0.4, -0.2) is 35.1 Å². The van der Waals surface area contributed by atoms with E-state index in [1.807, 2.05) is 36.4 Å². The Morgan fingerprint density at radius 2 is 1.11 bits per heavy atom. The minimum absolute atomic E-state index is 0.0400. The van der Waals surface area contributed by atoms with Crippen molar-refractivity contribution in [1.29, 1.82) is 0 Å². The van der Waals surface area contributed by atoms with Gasteiger partial charge in [-0.3, -0.25) is 0 Å². The van der Waals surface area contributed by atoms with Crippen molar-refractivity contribution in [2.45, 2.75) is 13.8 Å². The van der Waals surface area contributed by atoms with E-state index in [-0.39, 0.29) is 23.2 Å². The van der Waals surface area contributed by atoms with Crippen LogP contribution in [0.1, 0.15) is 13.8 Å². The minimum atomic E-state index is -0.595. The molecule has 0 atom stereocenters. The van der Waals surface area contributed by atoms with Gasteiger partial charge >= 0.3 is 11.9 Å². The Morgan fingerprint density at radius 3 is 1.46 bits per heavy atom. The van der Waals surface area contributed by atoms with E-state index >= 15 is 0 Å². The lowest BCUT2D eigenvalue weighted by Crippen LogP contribution is -2.24. The molecule has 0 bridgehead atoms. The Kier molecular flexibility index (Phi) is 8.03. The zero-order chi connectivity index (χ0) is 20.5. The van der Waals surface area contributed by atoms with Gasteiger partial charge in [-0.05, 0) is 26.0 Å². The van der Waals surface area contributed by atoms with Crippen molar-refractivity contribution in [3.8, 4) is 11.1 Å². The van der Waals surface area contributed by atoms with Crippen LogP contribution in [0.15, 0.2) is 48.5 Å². The largest absolute Gasteiger partial charge is 0.461 e. The first-order valence-corrected chi connectivity index (χ1v) is 9.44. The molecular formula is C20H20N2O4S2. The van der Waals surface area contributed by atoms with E-state index in [4.69, 9.17) is 33.9 Å². The quantitative estimate of drug-likeness (QED) is 0.560. The van der Waals surface area contributed by atoms with Crippen molar-refractivity contribution in [3.05, 3.63) is 48.5 Å². The van der Waals surface area contributed by atoms with Gasteiger partial charge in [0.15, 0.2) is 9.98 Å². The number of anilines is 2. The number of nitrogens with one attached hydrogen (secondary N) is 2. The second-order valence-corrected chi connectivity index (χ2v) is 6.26. The van der Waals surface area contributed by atoms with E-state index in [2.05, 4.69) is 10.6 Å². The number of para-hydroxylation sites is 2. The Balaban J connectivity index is 2.34. The summed E-state index contributed by atoms with van der Waals surface area (Å²) in [6.07, 6.45) is 0. The number of ether oxygens (including phenoxy) is 2. The number of benzene rings is 2. The highest BCUT2D eigenvalue weighted by atomic mass is 32.1. The summed E-state index contributed by atoms with van der Waals surface area (Å²) in [5, 5.41) is 5.84. The van der Waals surface area contributed by atoms with Gasteiger partial charge in [0.25, 0.3) is 0 Å². The standard InChI is InChI=1S/C20H20N2O4S2/c1-3-25-19(23)17(27)21-15-11-7-5-9-13(15)14-10-6-8-12-16(14)22-18(28)20(24)26-4-2/h5-12H,3-4H2,1-2H3,(H,21,27)(H,22,28). The van der Waals surface area contributed by atoms with Crippen molar-refractivity contribution >= 4 is 57.7 Å². The molecule has 28 heavy (non-hydrogen) atoms. The smallest absolute Gasteiger partial charge is 0.366 e. The van der Waals surface area contributed by atoms with Crippen LogP contribution in [0.4, 0.5) is 11.4 Å². The third kappa shape index (κ3) is 5.58. The summed E-state index contributed by atoms with van der Waals surface area (Å²) in [6, 6.07) is 14.7. The fourth-order valence-electron chi connectivity index (χ4n) is 2.39. The lowest BCUT2D eigenvalue weighted by Gasteiger charge is -2.16. The number of thiocarbonyl (C=S) groups is 2. The third-order valence-electron chi connectivity index (χ3n) is 3.56. The van der Waals surface area contributed by atoms with E-state index in [9.17, 15) is 9.59 Å². The van der Waals surface area contributed by atoms with Gasteiger partial charge < -0.3 is 20.1 Å². The van der Waals surface area contributed by atoms with Crippen LogP contribution in [0.2, 0.25) is 0 Å². The number of hydrogen-bond acceptors (Lipinski definition) is 6. The molecule has 0 amide bonds. The van der Waals surface area contributed by atoms with Gasteiger partial charge in [-0.25, -0.2) is 9.59 Å². The molecule has 0 unspecified atom stereocenters. The molecule has 2 aromatic carbocycles. The zero-order valence-corrected chi connectivity index (χ0v) is 17.1. The highest BCUT2D eigenvalue weighted by Crippen LogP contribution is 2.33. The topological polar surface area (TPSA) is 76.7 Å². The molecule has 0 aliphatic rings. The van der Waals surface area contributed by atoms with Gasteiger partial charge in [0.05, 0.1) is 13.2 Å². The SMILES string of the molecule is CCOC(=O)C(=S)Nc1ccccc1-c1ccccc1NC(=S)C(=O)OCC. The van der Waals surface area contributed by atoms with Gasteiger partial charge in [0, 0.05) is 22.5 Å². The maximum absolute atomic E-state index is 11.8. The zero-order valence-electron chi connectivity index (χ0n) is 15.5. The van der Waals surface area contributed by atoms with Crippen LogP contribution in [0.5, 0.6) is 0 Å². The second-order valence-electron chi connectivity index (χ2n) is 5.44. The predicted molar refractivity (Wildman–Crippen MR) is 118 cm³/mol. The molecule has 6 nitrogen and oxygen atoms in total. The summed E-state index contributed by atoms with van der Waals surface area (Å²) in [5.74, 6) is -1.19. The van der Waals surface area contributed by atoms with Crippen molar-refractivity contribution in [3.63, 3.8) is 0 Å². The van der Waals surface area contributed by atoms with E-state index in [0.29, 0.717) is 11.4 Å². The normalized spacial score (nSPS) is 9.93. The summed E-state index contributed by atoms with van der Waals surface area (Å²) >= 11 is 10.2. The lowest BCUT2D eigenvalue weighted by atomic mass is 10.0. The van der Waals surface area contributed by atoms with E-state index < -0.39 is 11.9 Å². The summed E-state index contributed by atoms with van der Waals surface area (Å²) in [5.41, 5.74) is 2.78. The predicted octanol–water partition coefficient (Wildman–Crippen LogP) is 3.96. The fraction of sp³-hybridized carbons (Fsp3) is 0.200. The van der Waals surface area contributed by atoms with Crippen LogP contribution in [-0.2, 0) is 19.1 Å². The highest BCUT2D eigenvalue weighted by molar-refractivity contribution is 7.82. The van der Waals surface area contributed by atoms with Crippen molar-refractivity contribution in [2.75, 3.05) is 23.8 Å². The number of hydrogen-bond donors (Lipinski definition) is 2. The highest BCUT2D eigenvalue weighted by Gasteiger charge is 2.16. The molecule has 0 fully saturated rings. The van der Waals surface area contributed by atoms with Crippen molar-refractivity contribution in [2.24, 2.45) is 0 Å². The van der Waals surface area contributed by atoms with Crippen LogP contribution in [0.3, 0.4) is 0 Å². The molecule has 0 heterocycles. The molecule has 0 saturated carbocycles. The van der Waals surface area contributed by atoms with Crippen molar-refractivity contribution < 1.29 is 19.1 Å². The number of carbonyl (C=O) groups is 2. The van der Waals surface area contributed by atoms with Gasteiger partial charge in [-0.2, -0.15) is 0 Å². The van der Waals surface area contributed by atoms with Gasteiger partial charge in [-0.15, -0.1) is 0 Å². The van der Waals surface area contributed by atoms with Crippen molar-refractivity contribution in [1.82, 2.24) is 0 Å². The summed E-state index contributed by atoms with van der Waals surface area (Å²) < 4.78 is 9.85. The molecule has 8 heteroatoms. The first kappa shape index (κ1) is 21.5. The number of rotatable bonds is 5. The van der Waals surface area contributed by atoms with E-state index in [0.717, 1.165) is 11.1 Å². The molecule has 0 aromatic heterocycles. The first-order valence-electron chi connectivity index (χ1n) is 8.62. The number of esters is 2. The maximum Gasteiger partial charge on any atom is 0.366 e. The van der Waals surface area contributed by atoms with Crippen LogP contribution in [0.25, 0.3) is 11.1 Å². The van der Waals surface area contributed by atoms with Crippen LogP contribution >= 0.6 is 24.4 Å². The Hall–Kier alpha value is -2.84. The molecular weight excluding hydrogens is 396 g/mol.